The molecule has 110 valence electrons. The molecule has 0 aliphatic carbocycles. The van der Waals surface area contributed by atoms with Gasteiger partial charge in [0.1, 0.15) is 5.75 Å². The molecule has 0 aliphatic rings. The van der Waals surface area contributed by atoms with E-state index >= 15 is 0 Å². The number of ether oxygens (including phenoxy) is 1. The normalized spacial score (nSPS) is 11.8. The van der Waals surface area contributed by atoms with Gasteiger partial charge in [-0.05, 0) is 52.2 Å². The predicted octanol–water partition coefficient (Wildman–Crippen LogP) is 3.73. The summed E-state index contributed by atoms with van der Waals surface area (Å²) in [7, 11) is 1.63. The molecule has 4 nitrogen and oxygen atoms in total. The molecule has 2 aromatic rings. The van der Waals surface area contributed by atoms with Crippen molar-refractivity contribution in [3.05, 3.63) is 58.3 Å². The molecule has 0 fully saturated rings. The number of nitrogens with one attached hydrogen (secondary N) is 1. The maximum absolute atomic E-state index is 12.2. The summed E-state index contributed by atoms with van der Waals surface area (Å²) in [6.45, 7) is 2.04. The van der Waals surface area contributed by atoms with E-state index in [1.54, 1.807) is 31.6 Å². The van der Waals surface area contributed by atoms with Crippen LogP contribution in [0.3, 0.4) is 0 Å². The van der Waals surface area contributed by atoms with Gasteiger partial charge in [-0.3, -0.25) is 9.78 Å². The van der Waals surface area contributed by atoms with Gasteiger partial charge in [-0.2, -0.15) is 0 Å². The standard InChI is InChI=1S/C16H17BrN2O2/c1-3-14(12-4-5-15(21-2)13(17)10-12)19-16(20)11-6-8-18-9-7-11/h4-10,14H,3H2,1-2H3,(H,19,20)/t14-/m1/s1. The van der Waals surface area contributed by atoms with Gasteiger partial charge in [-0.1, -0.05) is 13.0 Å². The Hall–Kier alpha value is -1.88. The Balaban J connectivity index is 2.16. The number of rotatable bonds is 5. The Labute approximate surface area is 132 Å². The Morgan fingerprint density at radius 3 is 2.62 bits per heavy atom. The van der Waals surface area contributed by atoms with Gasteiger partial charge in [0.2, 0.25) is 0 Å². The third kappa shape index (κ3) is 3.82. The van der Waals surface area contributed by atoms with Crippen molar-refractivity contribution in [1.82, 2.24) is 10.3 Å². The van der Waals surface area contributed by atoms with Crippen molar-refractivity contribution in [3.8, 4) is 5.75 Å². The van der Waals surface area contributed by atoms with Gasteiger partial charge >= 0.3 is 0 Å². The van der Waals surface area contributed by atoms with Crippen molar-refractivity contribution in [2.45, 2.75) is 19.4 Å². The summed E-state index contributed by atoms with van der Waals surface area (Å²) in [5.74, 6) is 0.672. The summed E-state index contributed by atoms with van der Waals surface area (Å²) in [6.07, 6.45) is 4.02. The molecule has 5 heteroatoms. The minimum absolute atomic E-state index is 0.0483. The molecule has 0 bridgehead atoms. The van der Waals surface area contributed by atoms with Gasteiger partial charge in [0.05, 0.1) is 17.6 Å². The Morgan fingerprint density at radius 2 is 2.05 bits per heavy atom. The third-order valence-corrected chi connectivity index (χ3v) is 3.85. The minimum atomic E-state index is -0.101. The second kappa shape index (κ2) is 7.22. The molecular formula is C16H17BrN2O2. The van der Waals surface area contributed by atoms with Crippen LogP contribution in [0.5, 0.6) is 5.75 Å². The van der Waals surface area contributed by atoms with Crippen molar-refractivity contribution < 1.29 is 9.53 Å². The SMILES string of the molecule is CC[C@@H](NC(=O)c1ccncc1)c1ccc(OC)c(Br)c1. The lowest BCUT2D eigenvalue weighted by Gasteiger charge is -2.18. The molecule has 1 atom stereocenters. The fourth-order valence-electron chi connectivity index (χ4n) is 2.07. The number of carbonyl (C=O) groups excluding carboxylic acids is 1. The number of aromatic nitrogens is 1. The first-order chi connectivity index (χ1) is 10.2. The van der Waals surface area contributed by atoms with Crippen LogP contribution < -0.4 is 10.1 Å². The molecule has 0 unspecified atom stereocenters. The number of methoxy groups -OCH3 is 1. The van der Waals surface area contributed by atoms with E-state index in [1.807, 2.05) is 25.1 Å². The minimum Gasteiger partial charge on any atom is -0.496 e. The molecule has 0 radical (unpaired) electrons. The number of hydrogen-bond acceptors (Lipinski definition) is 3. The van der Waals surface area contributed by atoms with Crippen LogP contribution in [0.15, 0.2) is 47.2 Å². The van der Waals surface area contributed by atoms with Crippen LogP contribution >= 0.6 is 15.9 Å². The molecule has 1 amide bonds. The smallest absolute Gasteiger partial charge is 0.251 e. The second-order valence-electron chi connectivity index (χ2n) is 4.56. The molecule has 1 heterocycles. The summed E-state index contributed by atoms with van der Waals surface area (Å²) in [6, 6.07) is 9.18. The Bertz CT molecular complexity index is 617. The molecule has 0 saturated carbocycles. The Kier molecular flexibility index (Phi) is 5.33. The molecular weight excluding hydrogens is 332 g/mol. The second-order valence-corrected chi connectivity index (χ2v) is 5.42. The van der Waals surface area contributed by atoms with E-state index in [4.69, 9.17) is 4.74 Å². The zero-order valence-electron chi connectivity index (χ0n) is 12.0. The Morgan fingerprint density at radius 1 is 1.33 bits per heavy atom. The lowest BCUT2D eigenvalue weighted by Crippen LogP contribution is -2.28. The van der Waals surface area contributed by atoms with Crippen LogP contribution in [0.1, 0.15) is 35.3 Å². The molecule has 0 spiro atoms. The lowest BCUT2D eigenvalue weighted by molar-refractivity contribution is 0.0935. The van der Waals surface area contributed by atoms with Gasteiger partial charge in [-0.25, -0.2) is 0 Å². The van der Waals surface area contributed by atoms with E-state index in [1.165, 1.54) is 0 Å². The highest BCUT2D eigenvalue weighted by Gasteiger charge is 2.15. The van der Waals surface area contributed by atoms with Gasteiger partial charge < -0.3 is 10.1 Å². The van der Waals surface area contributed by atoms with Gasteiger partial charge in [-0.15, -0.1) is 0 Å². The summed E-state index contributed by atoms with van der Waals surface area (Å²) in [5.41, 5.74) is 1.64. The molecule has 1 aromatic carbocycles. The fraction of sp³-hybridized carbons (Fsp3) is 0.250. The van der Waals surface area contributed by atoms with E-state index < -0.39 is 0 Å². The lowest BCUT2D eigenvalue weighted by atomic mass is 10.0. The van der Waals surface area contributed by atoms with E-state index in [0.717, 1.165) is 22.2 Å². The first-order valence-electron chi connectivity index (χ1n) is 6.70. The van der Waals surface area contributed by atoms with Crippen molar-refractivity contribution in [3.63, 3.8) is 0 Å². The highest BCUT2D eigenvalue weighted by molar-refractivity contribution is 9.10. The van der Waals surface area contributed by atoms with Crippen LogP contribution in [0.2, 0.25) is 0 Å². The van der Waals surface area contributed by atoms with E-state index in [2.05, 4.69) is 26.2 Å². The van der Waals surface area contributed by atoms with Crippen LogP contribution in [0.25, 0.3) is 0 Å². The summed E-state index contributed by atoms with van der Waals surface area (Å²) in [4.78, 5) is 16.1. The number of halogens is 1. The maximum Gasteiger partial charge on any atom is 0.251 e. The van der Waals surface area contributed by atoms with Crippen molar-refractivity contribution in [2.24, 2.45) is 0 Å². The first-order valence-corrected chi connectivity index (χ1v) is 7.49. The summed E-state index contributed by atoms with van der Waals surface area (Å²) >= 11 is 3.47. The molecule has 1 N–H and O–H groups in total. The topological polar surface area (TPSA) is 51.2 Å². The number of hydrogen-bond donors (Lipinski definition) is 1. The maximum atomic E-state index is 12.2. The quantitative estimate of drug-likeness (QED) is 0.895. The number of carbonyl (C=O) groups is 1. The van der Waals surface area contributed by atoms with Crippen LogP contribution in [0.4, 0.5) is 0 Å². The molecule has 0 aliphatic heterocycles. The summed E-state index contributed by atoms with van der Waals surface area (Å²) < 4.78 is 6.10. The third-order valence-electron chi connectivity index (χ3n) is 3.23. The van der Waals surface area contributed by atoms with Crippen LogP contribution in [-0.4, -0.2) is 18.0 Å². The molecule has 0 saturated heterocycles. The molecule has 1 aromatic heterocycles. The van der Waals surface area contributed by atoms with E-state index in [9.17, 15) is 4.79 Å². The summed E-state index contributed by atoms with van der Waals surface area (Å²) in [5, 5.41) is 3.04. The van der Waals surface area contributed by atoms with Crippen molar-refractivity contribution in [2.75, 3.05) is 7.11 Å². The average Bonchev–Trinajstić information content (AvgIpc) is 2.53. The number of nitrogens with zero attached hydrogens (tertiary/aromatic N) is 1. The van der Waals surface area contributed by atoms with Crippen LogP contribution in [0, 0.1) is 0 Å². The van der Waals surface area contributed by atoms with Gasteiger partial charge in [0.15, 0.2) is 0 Å². The van der Waals surface area contributed by atoms with Crippen molar-refractivity contribution in [1.29, 1.82) is 0 Å². The average molecular weight is 349 g/mol. The van der Waals surface area contributed by atoms with Crippen LogP contribution in [-0.2, 0) is 0 Å². The largest absolute Gasteiger partial charge is 0.496 e. The van der Waals surface area contributed by atoms with E-state index in [-0.39, 0.29) is 11.9 Å². The first kappa shape index (κ1) is 15.5. The monoisotopic (exact) mass is 348 g/mol. The fourth-order valence-corrected chi connectivity index (χ4v) is 2.62. The number of amides is 1. The van der Waals surface area contributed by atoms with Crippen molar-refractivity contribution >= 4 is 21.8 Å². The number of pyridine rings is 1. The van der Waals surface area contributed by atoms with Gasteiger partial charge in [0.25, 0.3) is 5.91 Å². The number of benzene rings is 1. The van der Waals surface area contributed by atoms with Gasteiger partial charge in [0, 0.05) is 18.0 Å². The predicted molar refractivity (Wildman–Crippen MR) is 85.4 cm³/mol. The highest BCUT2D eigenvalue weighted by Crippen LogP contribution is 2.29. The molecule has 2 rings (SSSR count). The zero-order valence-corrected chi connectivity index (χ0v) is 13.6. The van der Waals surface area contributed by atoms with E-state index in [0.29, 0.717) is 5.56 Å². The zero-order chi connectivity index (χ0) is 15.2. The highest BCUT2D eigenvalue weighted by atomic mass is 79.9. The molecule has 21 heavy (non-hydrogen) atoms.